The minimum atomic E-state index is -0.314. The minimum absolute atomic E-state index is 0.231. The summed E-state index contributed by atoms with van der Waals surface area (Å²) in [5.41, 5.74) is 2.28. The van der Waals surface area contributed by atoms with Crippen LogP contribution in [0.2, 0.25) is 0 Å². The van der Waals surface area contributed by atoms with Crippen molar-refractivity contribution in [3.05, 3.63) is 69.1 Å². The molecule has 5 nitrogen and oxygen atoms in total. The predicted octanol–water partition coefficient (Wildman–Crippen LogP) is 3.49. The molecule has 0 radical (unpaired) electrons. The Balaban J connectivity index is 1.42. The first-order chi connectivity index (χ1) is 11.7. The Labute approximate surface area is 146 Å². The normalized spacial score (nSPS) is 16.7. The minimum Gasteiger partial charge on any atom is -0.297 e. The molecule has 1 aromatic carbocycles. The van der Waals surface area contributed by atoms with Gasteiger partial charge < -0.3 is 0 Å². The van der Waals surface area contributed by atoms with Gasteiger partial charge in [0.05, 0.1) is 4.92 Å². The number of hydrogen-bond donors (Lipinski definition) is 0. The Morgan fingerprint density at radius 1 is 1.12 bits per heavy atom. The van der Waals surface area contributed by atoms with Crippen molar-refractivity contribution in [2.24, 2.45) is 0 Å². The van der Waals surface area contributed by atoms with Crippen LogP contribution in [0.4, 0.5) is 5.00 Å². The van der Waals surface area contributed by atoms with E-state index in [1.807, 2.05) is 23.6 Å². The van der Waals surface area contributed by atoms with E-state index in [0.717, 1.165) is 44.8 Å². The van der Waals surface area contributed by atoms with Gasteiger partial charge in [-0.05, 0) is 11.1 Å². The van der Waals surface area contributed by atoms with Gasteiger partial charge in [-0.15, -0.1) is 0 Å². The maximum atomic E-state index is 10.7. The van der Waals surface area contributed by atoms with Crippen molar-refractivity contribution in [2.45, 2.75) is 6.54 Å². The van der Waals surface area contributed by atoms with Gasteiger partial charge in [0.1, 0.15) is 0 Å². The highest BCUT2D eigenvalue weighted by atomic mass is 32.1. The molecule has 1 saturated heterocycles. The maximum absolute atomic E-state index is 10.7. The first-order valence-corrected chi connectivity index (χ1v) is 8.97. The van der Waals surface area contributed by atoms with Crippen molar-refractivity contribution in [3.8, 4) is 0 Å². The molecule has 1 fully saturated rings. The van der Waals surface area contributed by atoms with Gasteiger partial charge in [-0.3, -0.25) is 19.9 Å². The SMILES string of the molecule is O=[N+]([O-])c1cc(CN2CCN(C/C=C/c3ccccc3)CC2)cs1. The van der Waals surface area contributed by atoms with E-state index in [4.69, 9.17) is 0 Å². The first kappa shape index (κ1) is 16.8. The van der Waals surface area contributed by atoms with Crippen LogP contribution in [-0.2, 0) is 6.54 Å². The molecule has 3 rings (SSSR count). The molecule has 1 aliphatic heterocycles. The number of nitro groups is 1. The highest BCUT2D eigenvalue weighted by molar-refractivity contribution is 7.13. The van der Waals surface area contributed by atoms with Crippen LogP contribution in [0.15, 0.2) is 47.9 Å². The van der Waals surface area contributed by atoms with Gasteiger partial charge in [-0.1, -0.05) is 53.8 Å². The van der Waals surface area contributed by atoms with Crippen molar-refractivity contribution in [2.75, 3.05) is 32.7 Å². The van der Waals surface area contributed by atoms with E-state index in [1.165, 1.54) is 16.9 Å². The summed E-state index contributed by atoms with van der Waals surface area (Å²) in [5.74, 6) is 0. The molecule has 1 aliphatic rings. The van der Waals surface area contributed by atoms with Crippen LogP contribution in [0.25, 0.3) is 6.08 Å². The summed E-state index contributed by atoms with van der Waals surface area (Å²) < 4.78 is 0. The number of hydrogen-bond acceptors (Lipinski definition) is 5. The molecular formula is C18H21N3O2S. The Bertz CT molecular complexity index is 691. The summed E-state index contributed by atoms with van der Waals surface area (Å²) in [6.45, 7) is 5.84. The lowest BCUT2D eigenvalue weighted by atomic mass is 10.2. The van der Waals surface area contributed by atoms with Crippen LogP contribution in [-0.4, -0.2) is 47.4 Å². The standard InChI is InChI=1S/C18H21N3O2S/c22-21(23)18-13-17(15-24-18)14-20-11-9-19(10-12-20)8-4-7-16-5-2-1-3-6-16/h1-7,13,15H,8-12,14H2/b7-4+. The van der Waals surface area contributed by atoms with E-state index in [-0.39, 0.29) is 9.92 Å². The molecule has 2 aromatic rings. The monoisotopic (exact) mass is 343 g/mol. The van der Waals surface area contributed by atoms with Crippen LogP contribution >= 0.6 is 11.3 Å². The van der Waals surface area contributed by atoms with Crippen LogP contribution < -0.4 is 0 Å². The number of nitrogens with zero attached hydrogens (tertiary/aromatic N) is 3. The molecule has 2 heterocycles. The van der Waals surface area contributed by atoms with E-state index in [2.05, 4.69) is 34.1 Å². The van der Waals surface area contributed by atoms with Crippen molar-refractivity contribution in [1.29, 1.82) is 0 Å². The average Bonchev–Trinajstić information content (AvgIpc) is 3.06. The van der Waals surface area contributed by atoms with E-state index in [0.29, 0.717) is 0 Å². The lowest BCUT2D eigenvalue weighted by Crippen LogP contribution is -2.45. The molecule has 0 aliphatic carbocycles. The maximum Gasteiger partial charge on any atom is 0.324 e. The van der Waals surface area contributed by atoms with E-state index in [1.54, 1.807) is 6.07 Å². The molecule has 0 bridgehead atoms. The van der Waals surface area contributed by atoms with Gasteiger partial charge in [0, 0.05) is 50.7 Å². The third kappa shape index (κ3) is 4.74. The highest BCUT2D eigenvalue weighted by Crippen LogP contribution is 2.23. The van der Waals surface area contributed by atoms with E-state index < -0.39 is 0 Å². The second-order valence-corrected chi connectivity index (χ2v) is 6.83. The first-order valence-electron chi connectivity index (χ1n) is 8.09. The third-order valence-electron chi connectivity index (χ3n) is 4.16. The average molecular weight is 343 g/mol. The Hall–Kier alpha value is -2.02. The van der Waals surface area contributed by atoms with Gasteiger partial charge in [0.15, 0.2) is 0 Å². The fraction of sp³-hybridized carbons (Fsp3) is 0.333. The van der Waals surface area contributed by atoms with Crippen LogP contribution in [0, 0.1) is 10.1 Å². The summed E-state index contributed by atoms with van der Waals surface area (Å²) in [4.78, 5) is 15.2. The Morgan fingerprint density at radius 3 is 2.50 bits per heavy atom. The molecule has 24 heavy (non-hydrogen) atoms. The van der Waals surface area contributed by atoms with Crippen LogP contribution in [0.3, 0.4) is 0 Å². The zero-order valence-electron chi connectivity index (χ0n) is 13.5. The zero-order valence-corrected chi connectivity index (χ0v) is 14.3. The Morgan fingerprint density at radius 2 is 1.83 bits per heavy atom. The van der Waals surface area contributed by atoms with Gasteiger partial charge in [-0.25, -0.2) is 0 Å². The lowest BCUT2D eigenvalue weighted by molar-refractivity contribution is -0.380. The van der Waals surface area contributed by atoms with Gasteiger partial charge in [-0.2, -0.15) is 0 Å². The molecule has 6 heteroatoms. The molecule has 0 atom stereocenters. The highest BCUT2D eigenvalue weighted by Gasteiger charge is 2.17. The molecular weight excluding hydrogens is 322 g/mol. The molecule has 0 N–H and O–H groups in total. The van der Waals surface area contributed by atoms with Crippen LogP contribution in [0.5, 0.6) is 0 Å². The van der Waals surface area contributed by atoms with Crippen molar-refractivity contribution in [3.63, 3.8) is 0 Å². The van der Waals surface area contributed by atoms with Crippen LogP contribution in [0.1, 0.15) is 11.1 Å². The van der Waals surface area contributed by atoms with Gasteiger partial charge in [0.2, 0.25) is 0 Å². The molecule has 1 aromatic heterocycles. The molecule has 126 valence electrons. The Kier molecular flexibility index (Phi) is 5.74. The summed E-state index contributed by atoms with van der Waals surface area (Å²) in [6.07, 6.45) is 4.38. The quantitative estimate of drug-likeness (QED) is 0.595. The van der Waals surface area contributed by atoms with Crippen molar-refractivity contribution >= 4 is 22.4 Å². The topological polar surface area (TPSA) is 49.6 Å². The van der Waals surface area contributed by atoms with E-state index in [9.17, 15) is 10.1 Å². The lowest BCUT2D eigenvalue weighted by Gasteiger charge is -2.33. The molecule has 0 unspecified atom stereocenters. The third-order valence-corrected chi connectivity index (χ3v) is 5.09. The summed E-state index contributed by atoms with van der Waals surface area (Å²) >= 11 is 1.21. The second kappa shape index (κ2) is 8.19. The van der Waals surface area contributed by atoms with Gasteiger partial charge >= 0.3 is 5.00 Å². The number of benzene rings is 1. The van der Waals surface area contributed by atoms with E-state index >= 15 is 0 Å². The largest absolute Gasteiger partial charge is 0.324 e. The number of rotatable bonds is 6. The van der Waals surface area contributed by atoms with Crippen molar-refractivity contribution < 1.29 is 4.92 Å². The van der Waals surface area contributed by atoms with Crippen molar-refractivity contribution in [1.82, 2.24) is 9.80 Å². The molecule has 0 amide bonds. The zero-order chi connectivity index (χ0) is 16.8. The summed E-state index contributed by atoms with van der Waals surface area (Å²) in [6, 6.07) is 12.0. The van der Waals surface area contributed by atoms with Gasteiger partial charge in [0.25, 0.3) is 0 Å². The smallest absolute Gasteiger partial charge is 0.297 e. The molecule has 0 spiro atoms. The predicted molar refractivity (Wildman–Crippen MR) is 98.2 cm³/mol. The fourth-order valence-electron chi connectivity index (χ4n) is 2.83. The molecule has 0 saturated carbocycles. The summed E-state index contributed by atoms with van der Waals surface area (Å²) in [5, 5.41) is 12.9. The number of piperazine rings is 1. The second-order valence-electron chi connectivity index (χ2n) is 5.94. The fourth-order valence-corrected chi connectivity index (χ4v) is 3.55. The summed E-state index contributed by atoms with van der Waals surface area (Å²) in [7, 11) is 0. The number of thiophene rings is 1.